The van der Waals surface area contributed by atoms with Crippen LogP contribution in [-0.4, -0.2) is 5.10 Å². The smallest absolute Gasteiger partial charge is 0.320 e. The number of nitrogens with one attached hydrogen (secondary N) is 2. The lowest BCUT2D eigenvalue weighted by Crippen LogP contribution is -2.07. The molecule has 6 N–H and O–H groups in total. The van der Waals surface area contributed by atoms with Crippen LogP contribution in [0.3, 0.4) is 0 Å². The third kappa shape index (κ3) is 1.97. The highest BCUT2D eigenvalue weighted by Crippen LogP contribution is 2.26. The lowest BCUT2D eigenvalue weighted by atomic mass is 10.3. The predicted molar refractivity (Wildman–Crippen MR) is 56.7 cm³/mol. The van der Waals surface area contributed by atoms with Gasteiger partial charge in [0.1, 0.15) is 5.82 Å². The summed E-state index contributed by atoms with van der Waals surface area (Å²) in [5.74, 6) is 0.174. The Morgan fingerprint density at radius 1 is 1.25 bits per heavy atom. The van der Waals surface area contributed by atoms with Gasteiger partial charge < -0.3 is 5.73 Å². The Kier molecular flexibility index (Phi) is 2.50. The molecule has 0 fully saturated rings. The number of aromatic nitrogens is 2. The van der Waals surface area contributed by atoms with Gasteiger partial charge in [-0.05, 0) is 12.1 Å². The Bertz CT molecular complexity index is 513. The fourth-order valence-corrected chi connectivity index (χ4v) is 1.15. The minimum absolute atomic E-state index is 0.276. The van der Waals surface area contributed by atoms with E-state index in [0.717, 1.165) is 0 Å². The van der Waals surface area contributed by atoms with Crippen LogP contribution in [0.1, 0.15) is 0 Å². The molecule has 0 unspecified atom stereocenters. The minimum atomic E-state index is -0.377. The lowest BCUT2D eigenvalue weighted by molar-refractivity contribution is -0.431. The summed E-state index contributed by atoms with van der Waals surface area (Å²) in [5.41, 5.74) is 11.8. The summed E-state index contributed by atoms with van der Waals surface area (Å²) in [6, 6.07) is 5.74. The number of nitrogen functional groups attached to an aromatic ring is 2. The number of nitrogens with two attached hydrogens (primary N) is 2. The molecule has 2 rings (SSSR count). The number of rotatable bonds is 2. The largest absolute Gasteiger partial charge is 0.381 e. The van der Waals surface area contributed by atoms with Crippen LogP contribution in [0, 0.1) is 5.82 Å². The quantitative estimate of drug-likeness (QED) is 0.669. The third-order valence-corrected chi connectivity index (χ3v) is 1.92. The number of hydrogen-bond acceptors (Lipinski definition) is 4. The summed E-state index contributed by atoms with van der Waals surface area (Å²) < 4.78 is 12.8. The van der Waals surface area contributed by atoms with Crippen LogP contribution in [0.15, 0.2) is 34.5 Å². The molecule has 0 saturated carbocycles. The van der Waals surface area contributed by atoms with Crippen LogP contribution in [0.4, 0.5) is 27.4 Å². The van der Waals surface area contributed by atoms with Crippen molar-refractivity contribution >= 4 is 23.0 Å². The number of aromatic amines is 2. The first kappa shape index (κ1) is 10.1. The lowest BCUT2D eigenvalue weighted by Gasteiger charge is -1.91. The number of anilines is 2. The van der Waals surface area contributed by atoms with Crippen molar-refractivity contribution in [1.29, 1.82) is 0 Å². The Morgan fingerprint density at radius 2 is 2.06 bits per heavy atom. The van der Waals surface area contributed by atoms with Crippen LogP contribution >= 0.6 is 0 Å². The van der Waals surface area contributed by atoms with Crippen molar-refractivity contribution in [3.8, 4) is 0 Å². The molecule has 6 nitrogen and oxygen atoms in total. The zero-order valence-corrected chi connectivity index (χ0v) is 8.24. The van der Waals surface area contributed by atoms with Crippen LogP contribution in [-0.2, 0) is 0 Å². The van der Waals surface area contributed by atoms with Gasteiger partial charge in [0.05, 0.1) is 5.69 Å². The SMILES string of the molecule is Nc1[nH][nH+]c(N)c1N=Nc1cccc(F)c1. The topological polar surface area (TPSA) is 107 Å². The molecular weight excluding hydrogens is 211 g/mol. The summed E-state index contributed by atoms with van der Waals surface area (Å²) in [6.45, 7) is 0. The fraction of sp³-hybridized carbons (Fsp3) is 0. The molecule has 0 aliphatic rings. The molecule has 0 aliphatic heterocycles. The van der Waals surface area contributed by atoms with E-state index in [1.807, 2.05) is 0 Å². The molecule has 0 aliphatic carbocycles. The highest BCUT2D eigenvalue weighted by atomic mass is 19.1. The van der Waals surface area contributed by atoms with Crippen molar-refractivity contribution in [2.24, 2.45) is 10.2 Å². The van der Waals surface area contributed by atoms with E-state index in [4.69, 9.17) is 11.5 Å². The van der Waals surface area contributed by atoms with Gasteiger partial charge in [-0.15, -0.1) is 5.11 Å². The van der Waals surface area contributed by atoms with Crippen LogP contribution in [0.2, 0.25) is 0 Å². The van der Waals surface area contributed by atoms with Crippen molar-refractivity contribution in [1.82, 2.24) is 5.10 Å². The molecule has 7 heteroatoms. The van der Waals surface area contributed by atoms with Gasteiger partial charge in [-0.3, -0.25) is 5.73 Å². The summed E-state index contributed by atoms with van der Waals surface area (Å²) in [6.07, 6.45) is 0. The van der Waals surface area contributed by atoms with Gasteiger partial charge >= 0.3 is 5.82 Å². The zero-order chi connectivity index (χ0) is 11.5. The van der Waals surface area contributed by atoms with Crippen LogP contribution in [0.25, 0.3) is 0 Å². The van der Waals surface area contributed by atoms with E-state index in [1.54, 1.807) is 12.1 Å². The summed E-state index contributed by atoms with van der Waals surface area (Å²) in [7, 11) is 0. The fourth-order valence-electron chi connectivity index (χ4n) is 1.15. The average Bonchev–Trinajstić information content (AvgIpc) is 2.56. The standard InChI is InChI=1S/C9H9FN6/c10-5-2-1-3-6(4-5)13-14-7-8(11)15-16-9(7)12/h1-4H,(H5,11,12,15,16)/p+1. The zero-order valence-electron chi connectivity index (χ0n) is 8.24. The molecule has 1 aromatic carbocycles. The average molecular weight is 221 g/mol. The second-order valence-corrected chi connectivity index (χ2v) is 3.11. The van der Waals surface area contributed by atoms with E-state index in [1.165, 1.54) is 12.1 Å². The van der Waals surface area contributed by atoms with Gasteiger partial charge in [0, 0.05) is 6.07 Å². The number of hydrogen-bond donors (Lipinski definition) is 3. The van der Waals surface area contributed by atoms with E-state index < -0.39 is 0 Å². The highest BCUT2D eigenvalue weighted by Gasteiger charge is 2.11. The molecule has 0 spiro atoms. The predicted octanol–water partition coefficient (Wildman–Crippen LogP) is 1.55. The van der Waals surface area contributed by atoms with Crippen LogP contribution in [0.5, 0.6) is 0 Å². The summed E-state index contributed by atoms with van der Waals surface area (Å²) in [5, 5.41) is 12.8. The van der Waals surface area contributed by atoms with Crippen molar-refractivity contribution in [3.63, 3.8) is 0 Å². The Balaban J connectivity index is 2.28. The molecule has 0 amide bonds. The van der Waals surface area contributed by atoms with Crippen LogP contribution < -0.4 is 16.6 Å². The highest BCUT2D eigenvalue weighted by molar-refractivity contribution is 5.67. The maximum Gasteiger partial charge on any atom is 0.320 e. The summed E-state index contributed by atoms with van der Waals surface area (Å²) >= 11 is 0. The van der Waals surface area contributed by atoms with Crippen molar-refractivity contribution in [3.05, 3.63) is 30.1 Å². The van der Waals surface area contributed by atoms with E-state index in [2.05, 4.69) is 20.4 Å². The number of H-pyrrole nitrogens is 2. The van der Waals surface area contributed by atoms with Gasteiger partial charge in [0.15, 0.2) is 5.82 Å². The first-order valence-corrected chi connectivity index (χ1v) is 4.48. The normalized spacial score (nSPS) is 11.1. The second-order valence-electron chi connectivity index (χ2n) is 3.11. The van der Waals surface area contributed by atoms with Gasteiger partial charge in [0.2, 0.25) is 5.69 Å². The number of benzene rings is 1. The minimum Gasteiger partial charge on any atom is -0.381 e. The first-order chi connectivity index (χ1) is 7.66. The molecule has 2 aromatic rings. The van der Waals surface area contributed by atoms with Gasteiger partial charge in [-0.25, -0.2) is 9.49 Å². The van der Waals surface area contributed by atoms with Gasteiger partial charge in [-0.1, -0.05) is 6.07 Å². The Morgan fingerprint density at radius 3 is 2.69 bits per heavy atom. The summed E-state index contributed by atoms with van der Waals surface area (Å²) in [4.78, 5) is 0. The van der Waals surface area contributed by atoms with Crippen molar-refractivity contribution in [2.45, 2.75) is 0 Å². The Labute approximate surface area is 90.2 Å². The molecule has 0 saturated heterocycles. The molecule has 1 heterocycles. The Hall–Kier alpha value is -2.44. The van der Waals surface area contributed by atoms with E-state index in [-0.39, 0.29) is 17.5 Å². The van der Waals surface area contributed by atoms with Crippen molar-refractivity contribution < 1.29 is 9.49 Å². The van der Waals surface area contributed by atoms with Gasteiger partial charge in [0.25, 0.3) is 0 Å². The molecule has 0 atom stereocenters. The maximum atomic E-state index is 12.8. The number of azo groups is 1. The molecule has 1 aromatic heterocycles. The molecule has 0 radical (unpaired) electrons. The molecular formula is C9H10FN6+. The van der Waals surface area contributed by atoms with Gasteiger partial charge in [-0.2, -0.15) is 10.2 Å². The monoisotopic (exact) mass is 221 g/mol. The van der Waals surface area contributed by atoms with E-state index in [9.17, 15) is 4.39 Å². The molecule has 82 valence electrons. The van der Waals surface area contributed by atoms with E-state index >= 15 is 0 Å². The second kappa shape index (κ2) is 3.97. The van der Waals surface area contributed by atoms with E-state index in [0.29, 0.717) is 11.4 Å². The molecule has 16 heavy (non-hydrogen) atoms. The maximum absolute atomic E-state index is 12.8. The van der Waals surface area contributed by atoms with Crippen molar-refractivity contribution in [2.75, 3.05) is 11.5 Å². The number of halogens is 1. The third-order valence-electron chi connectivity index (χ3n) is 1.92. The number of nitrogens with zero attached hydrogens (tertiary/aromatic N) is 2. The molecule has 0 bridgehead atoms. The first-order valence-electron chi connectivity index (χ1n) is 4.48.